The molecule has 7 heteroatoms. The second-order valence-corrected chi connectivity index (χ2v) is 4.01. The van der Waals surface area contributed by atoms with Crippen molar-refractivity contribution in [2.45, 2.75) is 13.0 Å². The van der Waals surface area contributed by atoms with E-state index in [0.29, 0.717) is 18.7 Å². The molecule has 0 saturated heterocycles. The lowest BCUT2D eigenvalue weighted by molar-refractivity contribution is 0.280. The first-order valence-corrected chi connectivity index (χ1v) is 5.98. The smallest absolute Gasteiger partial charge is 0.237 e. The van der Waals surface area contributed by atoms with E-state index in [4.69, 9.17) is 15.6 Å². The average molecular weight is 268 g/mol. The molecule has 0 bridgehead atoms. The first kappa shape index (κ1) is 13.5. The van der Waals surface area contributed by atoms with Gasteiger partial charge in [0.1, 0.15) is 12.1 Å². The van der Waals surface area contributed by atoms with Crippen molar-refractivity contribution in [1.82, 2.24) is 9.55 Å². The molecule has 100 valence electrons. The Morgan fingerprint density at radius 3 is 2.90 bits per heavy atom. The third kappa shape index (κ3) is 2.91. The minimum Gasteiger partial charge on any atom is -0.396 e. The number of imidazole rings is 1. The quantitative estimate of drug-likeness (QED) is 0.626. The number of aromatic nitrogens is 2. The van der Waals surface area contributed by atoms with Crippen molar-refractivity contribution >= 4 is 22.4 Å². The molecule has 0 fully saturated rings. The summed E-state index contributed by atoms with van der Waals surface area (Å²) in [5.74, 6) is 0. The lowest BCUT2D eigenvalue weighted by Crippen LogP contribution is -1.98. The molecule has 1 heterocycles. The molecule has 0 aliphatic carbocycles. The van der Waals surface area contributed by atoms with Gasteiger partial charge >= 0.3 is 0 Å². The Bertz CT molecular complexity index is 703. The SMILES string of the molecule is N#CC(C#N)=NNc1ccc2c(c1)ncn2CCCO. The molecule has 0 aliphatic rings. The number of nitrogens with one attached hydrogen (secondary N) is 1. The first-order chi connectivity index (χ1) is 9.78. The average Bonchev–Trinajstić information content (AvgIpc) is 2.88. The van der Waals surface area contributed by atoms with E-state index in [9.17, 15) is 0 Å². The zero-order valence-corrected chi connectivity index (χ0v) is 10.6. The molecule has 2 rings (SSSR count). The molecule has 2 N–H and O–H groups in total. The van der Waals surface area contributed by atoms with Crippen LogP contribution in [0.25, 0.3) is 11.0 Å². The van der Waals surface area contributed by atoms with E-state index in [0.717, 1.165) is 11.0 Å². The normalized spacial score (nSPS) is 9.75. The van der Waals surface area contributed by atoms with Gasteiger partial charge in [-0.25, -0.2) is 4.98 Å². The molecule has 0 saturated carbocycles. The highest BCUT2D eigenvalue weighted by molar-refractivity contribution is 6.10. The summed E-state index contributed by atoms with van der Waals surface area (Å²) in [5.41, 5.74) is 4.78. The zero-order chi connectivity index (χ0) is 14.4. The summed E-state index contributed by atoms with van der Waals surface area (Å²) in [6.45, 7) is 0.837. The number of hydrogen-bond acceptors (Lipinski definition) is 6. The van der Waals surface area contributed by atoms with Crippen molar-refractivity contribution in [2.75, 3.05) is 12.0 Å². The number of hydrazone groups is 1. The number of aliphatic hydroxyl groups excluding tert-OH is 1. The Labute approximate surface area is 115 Å². The summed E-state index contributed by atoms with van der Waals surface area (Å²) in [6.07, 6.45) is 2.38. The van der Waals surface area contributed by atoms with Crippen LogP contribution in [0.3, 0.4) is 0 Å². The summed E-state index contributed by atoms with van der Waals surface area (Å²) in [7, 11) is 0. The topological polar surface area (TPSA) is 110 Å². The molecule has 20 heavy (non-hydrogen) atoms. The fourth-order valence-electron chi connectivity index (χ4n) is 1.75. The third-order valence-corrected chi connectivity index (χ3v) is 2.69. The number of rotatable bonds is 5. The fraction of sp³-hybridized carbons (Fsp3) is 0.231. The van der Waals surface area contributed by atoms with E-state index in [1.165, 1.54) is 0 Å². The lowest BCUT2D eigenvalue weighted by atomic mass is 10.3. The van der Waals surface area contributed by atoms with E-state index in [1.807, 2.05) is 10.6 Å². The standard InChI is InChI=1S/C13H12N6O/c14-7-11(8-15)18-17-10-2-3-13-12(6-10)16-9-19(13)4-1-5-20/h2-3,6,9,17,20H,1,4-5H2. The van der Waals surface area contributed by atoms with Crippen LogP contribution < -0.4 is 5.43 Å². The molecule has 2 aromatic rings. The Hall–Kier alpha value is -2.90. The van der Waals surface area contributed by atoms with Gasteiger partial charge in [0.25, 0.3) is 0 Å². The summed E-state index contributed by atoms with van der Waals surface area (Å²) in [5, 5.41) is 29.7. The number of anilines is 1. The molecule has 0 radical (unpaired) electrons. The van der Waals surface area contributed by atoms with Crippen molar-refractivity contribution < 1.29 is 5.11 Å². The molecular formula is C13H12N6O. The second-order valence-electron chi connectivity index (χ2n) is 4.01. The summed E-state index contributed by atoms with van der Waals surface area (Å²) in [6, 6.07) is 8.78. The Kier molecular flexibility index (Phi) is 4.28. The van der Waals surface area contributed by atoms with Crippen molar-refractivity contribution in [2.24, 2.45) is 5.10 Å². The first-order valence-electron chi connectivity index (χ1n) is 5.98. The summed E-state index contributed by atoms with van der Waals surface area (Å²) in [4.78, 5) is 4.26. The zero-order valence-electron chi connectivity index (χ0n) is 10.6. The number of hydrogen-bond donors (Lipinski definition) is 2. The second kappa shape index (κ2) is 6.32. The summed E-state index contributed by atoms with van der Waals surface area (Å²) < 4.78 is 1.95. The van der Waals surface area contributed by atoms with Gasteiger partial charge in [-0.3, -0.25) is 5.43 Å². The molecule has 7 nitrogen and oxygen atoms in total. The molecule has 0 unspecified atom stereocenters. The van der Waals surface area contributed by atoms with E-state index in [2.05, 4.69) is 15.5 Å². The van der Waals surface area contributed by atoms with Crippen LogP contribution in [0.4, 0.5) is 5.69 Å². The Morgan fingerprint density at radius 1 is 1.40 bits per heavy atom. The van der Waals surface area contributed by atoms with E-state index >= 15 is 0 Å². The van der Waals surface area contributed by atoms with Gasteiger partial charge in [-0.15, -0.1) is 0 Å². The number of fused-ring (bicyclic) bond motifs is 1. The monoisotopic (exact) mass is 268 g/mol. The van der Waals surface area contributed by atoms with Crippen molar-refractivity contribution in [3.8, 4) is 12.1 Å². The van der Waals surface area contributed by atoms with Crippen LogP contribution in [0.5, 0.6) is 0 Å². The predicted octanol–water partition coefficient (Wildman–Crippen LogP) is 1.23. The molecular weight excluding hydrogens is 256 g/mol. The number of nitriles is 2. The highest BCUT2D eigenvalue weighted by Crippen LogP contribution is 2.18. The molecule has 0 aliphatic heterocycles. The van der Waals surface area contributed by atoms with Gasteiger partial charge in [-0.05, 0) is 24.6 Å². The van der Waals surface area contributed by atoms with Crippen molar-refractivity contribution in [3.05, 3.63) is 24.5 Å². The molecule has 0 spiro atoms. The van der Waals surface area contributed by atoms with Crippen LogP contribution >= 0.6 is 0 Å². The number of aliphatic hydroxyl groups is 1. The fourth-order valence-corrected chi connectivity index (χ4v) is 1.75. The van der Waals surface area contributed by atoms with E-state index in [1.54, 1.807) is 30.6 Å². The van der Waals surface area contributed by atoms with E-state index in [-0.39, 0.29) is 12.3 Å². The summed E-state index contributed by atoms with van der Waals surface area (Å²) >= 11 is 0. The number of benzene rings is 1. The van der Waals surface area contributed by atoms with Gasteiger partial charge in [-0.1, -0.05) is 0 Å². The van der Waals surface area contributed by atoms with Crippen LogP contribution in [0.2, 0.25) is 0 Å². The molecule has 0 amide bonds. The minimum absolute atomic E-state index is 0.138. The Morgan fingerprint density at radius 2 is 2.20 bits per heavy atom. The highest BCUT2D eigenvalue weighted by Gasteiger charge is 2.03. The van der Waals surface area contributed by atoms with Gasteiger partial charge in [0.2, 0.25) is 5.71 Å². The van der Waals surface area contributed by atoms with Crippen LogP contribution in [-0.4, -0.2) is 27.0 Å². The molecule has 0 atom stereocenters. The lowest BCUT2D eigenvalue weighted by Gasteiger charge is -2.03. The van der Waals surface area contributed by atoms with Crippen molar-refractivity contribution in [3.63, 3.8) is 0 Å². The van der Waals surface area contributed by atoms with Crippen molar-refractivity contribution in [1.29, 1.82) is 10.5 Å². The Balaban J connectivity index is 2.21. The maximum absolute atomic E-state index is 8.84. The molecule has 1 aromatic heterocycles. The maximum atomic E-state index is 8.84. The van der Waals surface area contributed by atoms with Gasteiger partial charge < -0.3 is 9.67 Å². The van der Waals surface area contributed by atoms with Gasteiger partial charge in [0.15, 0.2) is 0 Å². The van der Waals surface area contributed by atoms with Gasteiger partial charge in [0, 0.05) is 13.2 Å². The minimum atomic E-state index is -0.237. The largest absolute Gasteiger partial charge is 0.396 e. The van der Waals surface area contributed by atoms with Gasteiger partial charge in [-0.2, -0.15) is 15.6 Å². The van der Waals surface area contributed by atoms with E-state index < -0.39 is 0 Å². The molecule has 1 aromatic carbocycles. The van der Waals surface area contributed by atoms with Crippen LogP contribution in [0.15, 0.2) is 29.6 Å². The maximum Gasteiger partial charge on any atom is 0.237 e. The number of nitrogens with zero attached hydrogens (tertiary/aromatic N) is 5. The van der Waals surface area contributed by atoms with Gasteiger partial charge in [0.05, 0.1) is 23.0 Å². The predicted molar refractivity (Wildman–Crippen MR) is 73.7 cm³/mol. The van der Waals surface area contributed by atoms with Crippen LogP contribution in [-0.2, 0) is 6.54 Å². The number of aryl methyl sites for hydroxylation is 1. The van der Waals surface area contributed by atoms with Crippen LogP contribution in [0.1, 0.15) is 6.42 Å². The highest BCUT2D eigenvalue weighted by atomic mass is 16.3. The third-order valence-electron chi connectivity index (χ3n) is 2.69. The van der Waals surface area contributed by atoms with Crippen LogP contribution in [0, 0.1) is 22.7 Å².